The molecule has 2 aromatic carbocycles. The summed E-state index contributed by atoms with van der Waals surface area (Å²) < 4.78 is 26.5. The van der Waals surface area contributed by atoms with Crippen molar-refractivity contribution in [2.24, 2.45) is 5.16 Å². The summed E-state index contributed by atoms with van der Waals surface area (Å²) in [5.41, 5.74) is 0.0578. The average molecular weight is 500 g/mol. The molecule has 3 rings (SSSR count). The maximum Gasteiger partial charge on any atom is 0.331 e. The predicted molar refractivity (Wildman–Crippen MR) is 133 cm³/mol. The highest BCUT2D eigenvalue weighted by Gasteiger charge is 2.20. The molecule has 0 radical (unpaired) electrons. The quantitative estimate of drug-likeness (QED) is 0.340. The molecule has 1 atom stereocenters. The normalized spacial score (nSPS) is 12.5. The monoisotopic (exact) mass is 499 g/mol. The molecule has 1 N–H and O–H groups in total. The molecule has 1 unspecified atom stereocenters. The maximum atomic E-state index is 13.9. The Labute approximate surface area is 208 Å². The van der Waals surface area contributed by atoms with Crippen molar-refractivity contribution in [3.63, 3.8) is 0 Å². The molecule has 1 aromatic heterocycles. The van der Waals surface area contributed by atoms with Crippen molar-refractivity contribution in [1.82, 2.24) is 9.13 Å². The van der Waals surface area contributed by atoms with E-state index in [2.05, 4.69) is 5.16 Å². The largest absolute Gasteiger partial charge is 0.497 e. The Bertz CT molecular complexity index is 1350. The summed E-state index contributed by atoms with van der Waals surface area (Å²) in [6, 6.07) is 10.7. The minimum absolute atomic E-state index is 0.0206. The van der Waals surface area contributed by atoms with Gasteiger partial charge < -0.3 is 19.4 Å². The Balaban J connectivity index is 2.10. The Morgan fingerprint density at radius 1 is 1.08 bits per heavy atom. The van der Waals surface area contributed by atoms with Crippen LogP contribution >= 0.6 is 0 Å². The van der Waals surface area contributed by atoms with E-state index in [1.165, 1.54) is 30.0 Å². The summed E-state index contributed by atoms with van der Waals surface area (Å²) in [7, 11) is 2.94. The number of nitrogens with zero attached hydrogens (tertiary/aromatic N) is 3. The lowest BCUT2D eigenvalue weighted by Gasteiger charge is -2.18. The van der Waals surface area contributed by atoms with E-state index in [0.29, 0.717) is 11.3 Å². The highest BCUT2D eigenvalue weighted by molar-refractivity contribution is 5.97. The Kier molecular flexibility index (Phi) is 8.65. The third-order valence-electron chi connectivity index (χ3n) is 5.45. The molecule has 0 spiro atoms. The van der Waals surface area contributed by atoms with Crippen LogP contribution in [0.25, 0.3) is 0 Å². The fourth-order valence-corrected chi connectivity index (χ4v) is 3.57. The zero-order chi connectivity index (χ0) is 26.4. The Morgan fingerprint density at radius 2 is 1.78 bits per heavy atom. The van der Waals surface area contributed by atoms with Gasteiger partial charge in [-0.15, -0.1) is 0 Å². The second-order valence-corrected chi connectivity index (χ2v) is 8.45. The van der Waals surface area contributed by atoms with Crippen LogP contribution in [-0.2, 0) is 17.9 Å². The molecule has 1 heterocycles. The van der Waals surface area contributed by atoms with Crippen LogP contribution in [-0.4, -0.2) is 40.3 Å². The van der Waals surface area contributed by atoms with Crippen molar-refractivity contribution < 1.29 is 23.8 Å². The third-order valence-corrected chi connectivity index (χ3v) is 5.45. The first-order chi connectivity index (χ1) is 17.1. The number of halogens is 1. The fourth-order valence-electron chi connectivity index (χ4n) is 3.57. The molecule has 192 valence electrons. The van der Waals surface area contributed by atoms with Gasteiger partial charge in [0.2, 0.25) is 0 Å². The molecule has 0 saturated heterocycles. The van der Waals surface area contributed by atoms with Crippen molar-refractivity contribution in [2.45, 2.75) is 46.1 Å². The molecule has 3 aromatic rings. The number of aromatic nitrogens is 2. The SMILES string of the molecule is COc1ccc(Cn2c(=O)c(/C(C)=N/OC(C)C)cn(CC(O)c3cc(F)ccc3OC)c2=O)cc1. The summed E-state index contributed by atoms with van der Waals surface area (Å²) in [5, 5.41) is 14.9. The molecular weight excluding hydrogens is 469 g/mol. The lowest BCUT2D eigenvalue weighted by Crippen LogP contribution is -2.43. The van der Waals surface area contributed by atoms with Crippen LogP contribution in [0.3, 0.4) is 0 Å². The highest BCUT2D eigenvalue weighted by Crippen LogP contribution is 2.27. The predicted octanol–water partition coefficient (Wildman–Crippen LogP) is 3.10. The molecule has 0 aliphatic heterocycles. The summed E-state index contributed by atoms with van der Waals surface area (Å²) in [6.45, 7) is 4.91. The van der Waals surface area contributed by atoms with Gasteiger partial charge in [-0.25, -0.2) is 9.18 Å². The Hall–Kier alpha value is -3.92. The molecule has 0 aliphatic carbocycles. The van der Waals surface area contributed by atoms with Crippen LogP contribution < -0.4 is 20.7 Å². The fraction of sp³-hybridized carbons (Fsp3) is 0.346. The number of ether oxygens (including phenoxy) is 2. The highest BCUT2D eigenvalue weighted by atomic mass is 19.1. The zero-order valence-electron chi connectivity index (χ0n) is 20.9. The van der Waals surface area contributed by atoms with Crippen molar-refractivity contribution in [3.8, 4) is 11.5 Å². The van der Waals surface area contributed by atoms with E-state index < -0.39 is 23.2 Å². The van der Waals surface area contributed by atoms with Crippen LogP contribution in [0.5, 0.6) is 11.5 Å². The van der Waals surface area contributed by atoms with Crippen molar-refractivity contribution in [1.29, 1.82) is 0 Å². The van der Waals surface area contributed by atoms with Crippen LogP contribution in [0.1, 0.15) is 43.6 Å². The molecule has 36 heavy (non-hydrogen) atoms. The first kappa shape index (κ1) is 26.7. The molecule has 0 saturated carbocycles. The van der Waals surface area contributed by atoms with Gasteiger partial charge in [0, 0.05) is 11.8 Å². The molecule has 9 nitrogen and oxygen atoms in total. The summed E-state index contributed by atoms with van der Waals surface area (Å²) >= 11 is 0. The van der Waals surface area contributed by atoms with Gasteiger partial charge in [-0.2, -0.15) is 0 Å². The number of aliphatic hydroxyl groups excluding tert-OH is 1. The lowest BCUT2D eigenvalue weighted by atomic mass is 10.1. The van der Waals surface area contributed by atoms with Gasteiger partial charge in [0.05, 0.1) is 38.6 Å². The number of aliphatic hydroxyl groups is 1. The maximum absolute atomic E-state index is 13.9. The van der Waals surface area contributed by atoms with E-state index in [1.807, 2.05) is 0 Å². The van der Waals surface area contributed by atoms with E-state index in [1.54, 1.807) is 52.1 Å². The van der Waals surface area contributed by atoms with E-state index in [9.17, 15) is 19.1 Å². The van der Waals surface area contributed by atoms with Crippen LogP contribution in [0.4, 0.5) is 4.39 Å². The van der Waals surface area contributed by atoms with Gasteiger partial charge in [-0.1, -0.05) is 17.3 Å². The molecule has 0 bridgehead atoms. The number of oxime groups is 1. The topological polar surface area (TPSA) is 104 Å². The van der Waals surface area contributed by atoms with E-state index in [-0.39, 0.29) is 41.8 Å². The zero-order valence-corrected chi connectivity index (χ0v) is 20.9. The van der Waals surface area contributed by atoms with E-state index in [0.717, 1.165) is 10.6 Å². The minimum atomic E-state index is -1.29. The average Bonchev–Trinajstić information content (AvgIpc) is 2.86. The standard InChI is InChI=1S/C26H30FN3O6/c1-16(2)36-28-17(3)22-14-29(15-23(31)21-12-19(27)8-11-24(21)35-5)26(33)30(25(22)32)13-18-6-9-20(34-4)10-7-18/h6-12,14,16,23,31H,13,15H2,1-5H3/b28-17+. The van der Waals surface area contributed by atoms with Gasteiger partial charge in [0.1, 0.15) is 29.5 Å². The molecule has 0 aliphatic rings. The van der Waals surface area contributed by atoms with Crippen molar-refractivity contribution in [2.75, 3.05) is 14.2 Å². The molecule has 0 fully saturated rings. The van der Waals surface area contributed by atoms with Crippen LogP contribution in [0.15, 0.2) is 63.4 Å². The second-order valence-electron chi connectivity index (χ2n) is 8.45. The molecule has 0 amide bonds. The number of methoxy groups -OCH3 is 2. The molecular formula is C26H30FN3O6. The van der Waals surface area contributed by atoms with Gasteiger partial charge >= 0.3 is 5.69 Å². The third kappa shape index (κ3) is 6.19. The van der Waals surface area contributed by atoms with Gasteiger partial charge in [-0.05, 0) is 56.7 Å². The summed E-state index contributed by atoms with van der Waals surface area (Å²) in [4.78, 5) is 32.0. The summed E-state index contributed by atoms with van der Waals surface area (Å²) in [6.07, 6.45) is -0.181. The lowest BCUT2D eigenvalue weighted by molar-refractivity contribution is 0.0859. The summed E-state index contributed by atoms with van der Waals surface area (Å²) in [5.74, 6) is 0.348. The first-order valence-electron chi connectivity index (χ1n) is 11.3. The van der Waals surface area contributed by atoms with E-state index >= 15 is 0 Å². The van der Waals surface area contributed by atoms with Crippen molar-refractivity contribution >= 4 is 5.71 Å². The number of hydrogen-bond donors (Lipinski definition) is 1. The van der Waals surface area contributed by atoms with Crippen LogP contribution in [0.2, 0.25) is 0 Å². The van der Waals surface area contributed by atoms with Gasteiger partial charge in [0.15, 0.2) is 0 Å². The van der Waals surface area contributed by atoms with Crippen molar-refractivity contribution in [3.05, 3.63) is 92.0 Å². The van der Waals surface area contributed by atoms with E-state index in [4.69, 9.17) is 14.3 Å². The minimum Gasteiger partial charge on any atom is -0.497 e. The van der Waals surface area contributed by atoms with Gasteiger partial charge in [0.25, 0.3) is 5.56 Å². The smallest absolute Gasteiger partial charge is 0.331 e. The Morgan fingerprint density at radius 3 is 2.39 bits per heavy atom. The number of hydrogen-bond acceptors (Lipinski definition) is 7. The number of benzene rings is 2. The second kappa shape index (κ2) is 11.7. The number of rotatable bonds is 10. The van der Waals surface area contributed by atoms with Crippen LogP contribution in [0, 0.1) is 5.82 Å². The molecule has 10 heteroatoms. The van der Waals surface area contributed by atoms with Gasteiger partial charge in [-0.3, -0.25) is 13.9 Å². The first-order valence-corrected chi connectivity index (χ1v) is 11.3.